The molecule has 0 aromatic carbocycles. The number of hydrogen-bond acceptors (Lipinski definition) is 4. The Labute approximate surface area is 78.3 Å². The number of aryl methyl sites for hydroxylation is 1. The molecule has 1 aromatic heterocycles. The van der Waals surface area contributed by atoms with E-state index < -0.39 is 0 Å². The quantitative estimate of drug-likeness (QED) is 0.720. The zero-order valence-corrected chi connectivity index (χ0v) is 8.44. The molecule has 0 fully saturated rings. The molecule has 0 amide bonds. The number of nitrogens with zero attached hydrogens (tertiary/aromatic N) is 4. The first-order valence-corrected chi connectivity index (χ1v) is 4.56. The molecule has 1 heterocycles. The van der Waals surface area contributed by atoms with Gasteiger partial charge in [0.2, 0.25) is 0 Å². The summed E-state index contributed by atoms with van der Waals surface area (Å²) in [5.74, 6) is 1.35. The SMILES string of the molecule is CC(C)CC(N)Cc1nnn(C)n1. The summed E-state index contributed by atoms with van der Waals surface area (Å²) in [5, 5.41) is 11.7. The maximum Gasteiger partial charge on any atom is 0.176 e. The predicted molar refractivity (Wildman–Crippen MR) is 49.9 cm³/mol. The van der Waals surface area contributed by atoms with E-state index in [0.717, 1.165) is 12.2 Å². The minimum atomic E-state index is 0.143. The maximum absolute atomic E-state index is 5.90. The smallest absolute Gasteiger partial charge is 0.176 e. The number of rotatable bonds is 4. The van der Waals surface area contributed by atoms with Gasteiger partial charge in [0.25, 0.3) is 0 Å². The van der Waals surface area contributed by atoms with Gasteiger partial charge in [-0.15, -0.1) is 10.2 Å². The van der Waals surface area contributed by atoms with E-state index in [1.165, 1.54) is 4.80 Å². The largest absolute Gasteiger partial charge is 0.327 e. The van der Waals surface area contributed by atoms with Crippen LogP contribution in [-0.4, -0.2) is 26.2 Å². The first-order chi connectivity index (χ1) is 6.08. The maximum atomic E-state index is 5.90. The van der Waals surface area contributed by atoms with Gasteiger partial charge in [0, 0.05) is 12.5 Å². The molecular weight excluding hydrogens is 166 g/mol. The summed E-state index contributed by atoms with van der Waals surface area (Å²) in [6, 6.07) is 0.143. The van der Waals surface area contributed by atoms with Crippen LogP contribution in [0.3, 0.4) is 0 Å². The Bertz CT molecular complexity index is 255. The second-order valence-corrected chi connectivity index (χ2v) is 3.79. The molecule has 0 aliphatic rings. The lowest BCUT2D eigenvalue weighted by molar-refractivity contribution is 0.486. The molecule has 0 aliphatic heterocycles. The van der Waals surface area contributed by atoms with E-state index >= 15 is 0 Å². The third kappa shape index (κ3) is 3.50. The third-order valence-electron chi connectivity index (χ3n) is 1.77. The van der Waals surface area contributed by atoms with Crippen molar-refractivity contribution in [3.05, 3.63) is 5.82 Å². The van der Waals surface area contributed by atoms with Gasteiger partial charge in [0.15, 0.2) is 5.82 Å². The van der Waals surface area contributed by atoms with E-state index in [0.29, 0.717) is 12.3 Å². The van der Waals surface area contributed by atoms with Gasteiger partial charge in [-0.05, 0) is 17.6 Å². The van der Waals surface area contributed by atoms with Gasteiger partial charge in [-0.25, -0.2) is 0 Å². The minimum absolute atomic E-state index is 0.143. The van der Waals surface area contributed by atoms with E-state index in [1.54, 1.807) is 7.05 Å². The first-order valence-electron chi connectivity index (χ1n) is 4.56. The lowest BCUT2D eigenvalue weighted by Crippen LogP contribution is -2.25. The van der Waals surface area contributed by atoms with Crippen molar-refractivity contribution < 1.29 is 0 Å². The van der Waals surface area contributed by atoms with Crippen molar-refractivity contribution in [3.63, 3.8) is 0 Å². The van der Waals surface area contributed by atoms with E-state index in [-0.39, 0.29) is 6.04 Å². The molecule has 1 rings (SSSR count). The molecule has 1 aromatic rings. The Hall–Kier alpha value is -0.970. The number of nitrogens with two attached hydrogens (primary N) is 1. The summed E-state index contributed by atoms with van der Waals surface area (Å²) < 4.78 is 0. The van der Waals surface area contributed by atoms with E-state index in [4.69, 9.17) is 5.73 Å². The average molecular weight is 183 g/mol. The topological polar surface area (TPSA) is 69.6 Å². The molecule has 5 heteroatoms. The summed E-state index contributed by atoms with van der Waals surface area (Å²) >= 11 is 0. The average Bonchev–Trinajstić information content (AvgIpc) is 2.33. The molecule has 74 valence electrons. The summed E-state index contributed by atoms with van der Waals surface area (Å²) in [6.45, 7) is 4.31. The van der Waals surface area contributed by atoms with Gasteiger partial charge in [0.05, 0.1) is 7.05 Å². The van der Waals surface area contributed by atoms with Crippen molar-refractivity contribution in [3.8, 4) is 0 Å². The van der Waals surface area contributed by atoms with Crippen LogP contribution in [0.5, 0.6) is 0 Å². The highest BCUT2D eigenvalue weighted by molar-refractivity contribution is 4.83. The Kier molecular flexibility index (Phi) is 3.36. The standard InChI is InChI=1S/C8H17N5/c1-6(2)4-7(9)5-8-10-12-13(3)11-8/h6-7H,4-5,9H2,1-3H3. The lowest BCUT2D eigenvalue weighted by atomic mass is 10.0. The highest BCUT2D eigenvalue weighted by Crippen LogP contribution is 2.05. The Morgan fingerprint density at radius 1 is 1.46 bits per heavy atom. The normalized spacial score (nSPS) is 13.6. The molecule has 13 heavy (non-hydrogen) atoms. The van der Waals surface area contributed by atoms with Crippen LogP contribution in [-0.2, 0) is 13.5 Å². The first kappa shape index (κ1) is 10.1. The lowest BCUT2D eigenvalue weighted by Gasteiger charge is -2.10. The van der Waals surface area contributed by atoms with Crippen LogP contribution in [0.4, 0.5) is 0 Å². The fourth-order valence-corrected chi connectivity index (χ4v) is 1.33. The van der Waals surface area contributed by atoms with Crippen molar-refractivity contribution in [2.75, 3.05) is 0 Å². The molecule has 2 N–H and O–H groups in total. The van der Waals surface area contributed by atoms with Crippen LogP contribution in [0.1, 0.15) is 26.1 Å². The summed E-state index contributed by atoms with van der Waals surface area (Å²) in [7, 11) is 1.75. The monoisotopic (exact) mass is 183 g/mol. The Balaban J connectivity index is 2.40. The molecule has 1 atom stereocenters. The van der Waals surface area contributed by atoms with E-state index in [9.17, 15) is 0 Å². The van der Waals surface area contributed by atoms with Gasteiger partial charge in [-0.3, -0.25) is 0 Å². The molecule has 1 unspecified atom stereocenters. The van der Waals surface area contributed by atoms with Gasteiger partial charge in [0.1, 0.15) is 0 Å². The van der Waals surface area contributed by atoms with Crippen LogP contribution in [0.15, 0.2) is 0 Å². The second kappa shape index (κ2) is 4.32. The molecule has 0 aliphatic carbocycles. The summed E-state index contributed by atoms with van der Waals surface area (Å²) in [5.41, 5.74) is 5.90. The number of tetrazole rings is 1. The van der Waals surface area contributed by atoms with E-state index in [1.807, 2.05) is 0 Å². The molecule has 5 nitrogen and oxygen atoms in total. The van der Waals surface area contributed by atoms with Gasteiger partial charge in [-0.2, -0.15) is 4.80 Å². The fourth-order valence-electron chi connectivity index (χ4n) is 1.33. The van der Waals surface area contributed by atoms with Gasteiger partial charge in [-0.1, -0.05) is 13.8 Å². The van der Waals surface area contributed by atoms with Crippen LogP contribution >= 0.6 is 0 Å². The summed E-state index contributed by atoms with van der Waals surface area (Å²) in [6.07, 6.45) is 1.71. The highest BCUT2D eigenvalue weighted by Gasteiger charge is 2.09. The van der Waals surface area contributed by atoms with Crippen LogP contribution in [0, 0.1) is 5.92 Å². The van der Waals surface area contributed by atoms with Crippen molar-refractivity contribution in [2.24, 2.45) is 18.7 Å². The van der Waals surface area contributed by atoms with Crippen molar-refractivity contribution in [1.82, 2.24) is 20.2 Å². The van der Waals surface area contributed by atoms with Crippen LogP contribution in [0.25, 0.3) is 0 Å². The van der Waals surface area contributed by atoms with E-state index in [2.05, 4.69) is 29.3 Å². The van der Waals surface area contributed by atoms with Crippen molar-refractivity contribution >= 4 is 0 Å². The zero-order valence-electron chi connectivity index (χ0n) is 8.44. The predicted octanol–water partition coefficient (Wildman–Crippen LogP) is 0.126. The molecule has 0 radical (unpaired) electrons. The van der Waals surface area contributed by atoms with Gasteiger partial charge >= 0.3 is 0 Å². The number of hydrogen-bond donors (Lipinski definition) is 1. The Morgan fingerprint density at radius 3 is 2.62 bits per heavy atom. The molecule has 0 saturated carbocycles. The molecular formula is C8H17N5. The minimum Gasteiger partial charge on any atom is -0.327 e. The van der Waals surface area contributed by atoms with Gasteiger partial charge < -0.3 is 5.73 Å². The van der Waals surface area contributed by atoms with Crippen LogP contribution in [0.2, 0.25) is 0 Å². The highest BCUT2D eigenvalue weighted by atomic mass is 15.6. The molecule has 0 spiro atoms. The van der Waals surface area contributed by atoms with Crippen molar-refractivity contribution in [2.45, 2.75) is 32.7 Å². The molecule has 0 bridgehead atoms. The number of aromatic nitrogens is 4. The zero-order chi connectivity index (χ0) is 9.84. The van der Waals surface area contributed by atoms with Crippen molar-refractivity contribution in [1.29, 1.82) is 0 Å². The molecule has 0 saturated heterocycles. The summed E-state index contributed by atoms with van der Waals surface area (Å²) in [4.78, 5) is 1.46. The third-order valence-corrected chi connectivity index (χ3v) is 1.77. The van der Waals surface area contributed by atoms with Crippen LogP contribution < -0.4 is 5.73 Å². The fraction of sp³-hybridized carbons (Fsp3) is 0.875. The Morgan fingerprint density at radius 2 is 2.15 bits per heavy atom. The second-order valence-electron chi connectivity index (χ2n) is 3.79.